The van der Waals surface area contributed by atoms with Crippen LogP contribution < -0.4 is 0 Å². The van der Waals surface area contributed by atoms with E-state index in [9.17, 15) is 4.79 Å². The van der Waals surface area contributed by atoms with Gasteiger partial charge in [-0.25, -0.2) is 0 Å². The Morgan fingerprint density at radius 3 is 2.53 bits per heavy atom. The van der Waals surface area contributed by atoms with Gasteiger partial charge in [0.25, 0.3) is 0 Å². The Kier molecular flexibility index (Phi) is 4.41. The molecule has 0 N–H and O–H groups in total. The maximum atomic E-state index is 12.1. The van der Waals surface area contributed by atoms with Crippen LogP contribution in [-0.2, 0) is 0 Å². The topological polar surface area (TPSA) is 17.1 Å². The van der Waals surface area contributed by atoms with E-state index in [0.717, 1.165) is 11.1 Å². The number of hydrogen-bond donors (Lipinski definition) is 0. The van der Waals surface area contributed by atoms with Crippen molar-refractivity contribution >= 4 is 35.1 Å². The maximum Gasteiger partial charge on any atom is 0.186 e. The first kappa shape index (κ1) is 13.9. The highest BCUT2D eigenvalue weighted by Gasteiger charge is 2.05. The molecule has 1 nitrogen and oxygen atoms in total. The molecule has 0 heterocycles. The number of carbonyl (C=O) groups excluding carboxylic acids is 1. The minimum atomic E-state index is -0.0379. The van der Waals surface area contributed by atoms with Crippen LogP contribution in [0, 0.1) is 6.92 Å². The van der Waals surface area contributed by atoms with Crippen molar-refractivity contribution in [1.82, 2.24) is 0 Å². The second kappa shape index (κ2) is 6.05. The van der Waals surface area contributed by atoms with Crippen molar-refractivity contribution in [2.45, 2.75) is 6.92 Å². The number of rotatable bonds is 3. The molecule has 19 heavy (non-hydrogen) atoms. The molecule has 0 spiro atoms. The zero-order chi connectivity index (χ0) is 13.8. The quantitative estimate of drug-likeness (QED) is 0.561. The van der Waals surface area contributed by atoms with Crippen molar-refractivity contribution in [3.05, 3.63) is 75.3 Å². The van der Waals surface area contributed by atoms with E-state index < -0.39 is 0 Å². The highest BCUT2D eigenvalue weighted by atomic mass is 35.5. The number of carbonyl (C=O) groups is 1. The first-order chi connectivity index (χ1) is 9.08. The van der Waals surface area contributed by atoms with E-state index in [2.05, 4.69) is 0 Å². The summed E-state index contributed by atoms with van der Waals surface area (Å²) in [6, 6.07) is 12.7. The third kappa shape index (κ3) is 3.46. The van der Waals surface area contributed by atoms with Crippen molar-refractivity contribution in [2.75, 3.05) is 0 Å². The molecule has 0 aliphatic heterocycles. The Morgan fingerprint density at radius 2 is 1.84 bits per heavy atom. The zero-order valence-electron chi connectivity index (χ0n) is 10.4. The van der Waals surface area contributed by atoms with Gasteiger partial charge in [0.15, 0.2) is 5.78 Å². The van der Waals surface area contributed by atoms with Gasteiger partial charge in [-0.3, -0.25) is 4.79 Å². The zero-order valence-corrected chi connectivity index (χ0v) is 11.9. The van der Waals surface area contributed by atoms with Crippen LogP contribution >= 0.6 is 23.2 Å². The molecule has 0 bridgehead atoms. The van der Waals surface area contributed by atoms with E-state index in [0.29, 0.717) is 15.6 Å². The van der Waals surface area contributed by atoms with Crippen LogP contribution in [0.25, 0.3) is 6.08 Å². The summed E-state index contributed by atoms with van der Waals surface area (Å²) in [5.41, 5.74) is 2.43. The summed E-state index contributed by atoms with van der Waals surface area (Å²) in [7, 11) is 0. The van der Waals surface area contributed by atoms with E-state index >= 15 is 0 Å². The minimum Gasteiger partial charge on any atom is -0.289 e. The Bertz CT molecular complexity index is 645. The normalized spacial score (nSPS) is 10.9. The lowest BCUT2D eigenvalue weighted by atomic mass is 10.0. The predicted octanol–water partition coefficient (Wildman–Crippen LogP) is 5.20. The third-order valence-corrected chi connectivity index (χ3v) is 3.35. The number of benzene rings is 2. The Morgan fingerprint density at radius 1 is 1.11 bits per heavy atom. The monoisotopic (exact) mass is 290 g/mol. The Labute approximate surface area is 122 Å². The molecule has 0 saturated heterocycles. The molecule has 3 heteroatoms. The van der Waals surface area contributed by atoms with E-state index in [1.54, 1.807) is 24.3 Å². The fourth-order valence-electron chi connectivity index (χ4n) is 1.74. The van der Waals surface area contributed by atoms with Gasteiger partial charge < -0.3 is 0 Å². The van der Waals surface area contributed by atoms with Crippen LogP contribution in [0.3, 0.4) is 0 Å². The molecular weight excluding hydrogens is 279 g/mol. The average molecular weight is 291 g/mol. The van der Waals surface area contributed by atoms with Gasteiger partial charge in [-0.15, -0.1) is 0 Å². The Hall–Kier alpha value is -1.57. The van der Waals surface area contributed by atoms with Crippen LogP contribution in [0.1, 0.15) is 21.5 Å². The van der Waals surface area contributed by atoms with Crippen LogP contribution in [0.4, 0.5) is 0 Å². The molecule has 96 valence electrons. The molecule has 0 unspecified atom stereocenters. The highest BCUT2D eigenvalue weighted by molar-refractivity contribution is 6.35. The van der Waals surface area contributed by atoms with E-state index in [4.69, 9.17) is 23.2 Å². The maximum absolute atomic E-state index is 12.1. The largest absolute Gasteiger partial charge is 0.289 e. The summed E-state index contributed by atoms with van der Waals surface area (Å²) in [5.74, 6) is -0.0379. The molecule has 0 aliphatic carbocycles. The molecule has 0 atom stereocenters. The fourth-order valence-corrected chi connectivity index (χ4v) is 2.21. The number of hydrogen-bond acceptors (Lipinski definition) is 1. The molecule has 0 amide bonds. The molecule has 2 rings (SSSR count). The number of allylic oxidation sites excluding steroid dienone is 1. The lowest BCUT2D eigenvalue weighted by Crippen LogP contribution is -1.96. The molecule has 2 aromatic rings. The van der Waals surface area contributed by atoms with Gasteiger partial charge >= 0.3 is 0 Å². The predicted molar refractivity (Wildman–Crippen MR) is 81.0 cm³/mol. The van der Waals surface area contributed by atoms with Crippen LogP contribution in [0.5, 0.6) is 0 Å². The standard InChI is InChI=1S/C16H12Cl2O/c1-11-4-2-3-5-14(11)16(19)9-7-12-6-8-13(17)10-15(12)18/h2-10H,1H3/b9-7+. The van der Waals surface area contributed by atoms with Gasteiger partial charge in [-0.2, -0.15) is 0 Å². The van der Waals surface area contributed by atoms with Crippen LogP contribution in [0.2, 0.25) is 10.0 Å². The first-order valence-corrected chi connectivity index (χ1v) is 6.56. The second-order valence-electron chi connectivity index (χ2n) is 4.18. The van der Waals surface area contributed by atoms with Gasteiger partial charge in [-0.05, 0) is 42.3 Å². The SMILES string of the molecule is Cc1ccccc1C(=O)/C=C/c1ccc(Cl)cc1Cl. The molecule has 0 fully saturated rings. The van der Waals surface area contributed by atoms with Crippen molar-refractivity contribution in [3.63, 3.8) is 0 Å². The highest BCUT2D eigenvalue weighted by Crippen LogP contribution is 2.22. The van der Waals surface area contributed by atoms with Crippen molar-refractivity contribution in [1.29, 1.82) is 0 Å². The lowest BCUT2D eigenvalue weighted by molar-refractivity contribution is 0.104. The lowest BCUT2D eigenvalue weighted by Gasteiger charge is -2.01. The average Bonchev–Trinajstić information content (AvgIpc) is 2.38. The van der Waals surface area contributed by atoms with Gasteiger partial charge in [0, 0.05) is 15.6 Å². The van der Waals surface area contributed by atoms with Crippen LogP contribution in [0.15, 0.2) is 48.5 Å². The van der Waals surface area contributed by atoms with Gasteiger partial charge in [0.05, 0.1) is 0 Å². The molecule has 0 aliphatic rings. The van der Waals surface area contributed by atoms with E-state index in [-0.39, 0.29) is 5.78 Å². The minimum absolute atomic E-state index is 0.0379. The molecule has 0 aromatic heterocycles. The number of aryl methyl sites for hydroxylation is 1. The third-order valence-electron chi connectivity index (χ3n) is 2.79. The van der Waals surface area contributed by atoms with E-state index in [1.165, 1.54) is 6.08 Å². The Balaban J connectivity index is 2.24. The van der Waals surface area contributed by atoms with Gasteiger partial charge in [0.1, 0.15) is 0 Å². The summed E-state index contributed by atoms with van der Waals surface area (Å²) in [6.07, 6.45) is 3.23. The van der Waals surface area contributed by atoms with Gasteiger partial charge in [0.2, 0.25) is 0 Å². The van der Waals surface area contributed by atoms with Crippen molar-refractivity contribution in [2.24, 2.45) is 0 Å². The number of halogens is 2. The first-order valence-electron chi connectivity index (χ1n) is 5.81. The summed E-state index contributed by atoms with van der Waals surface area (Å²) < 4.78 is 0. The van der Waals surface area contributed by atoms with Crippen molar-refractivity contribution in [3.8, 4) is 0 Å². The summed E-state index contributed by atoms with van der Waals surface area (Å²) in [4.78, 5) is 12.1. The van der Waals surface area contributed by atoms with E-state index in [1.807, 2.05) is 31.2 Å². The molecule has 0 radical (unpaired) electrons. The smallest absolute Gasteiger partial charge is 0.186 e. The molecule has 0 saturated carbocycles. The second-order valence-corrected chi connectivity index (χ2v) is 5.02. The molecular formula is C16H12Cl2O. The molecule has 2 aromatic carbocycles. The summed E-state index contributed by atoms with van der Waals surface area (Å²) in [5, 5.41) is 1.11. The van der Waals surface area contributed by atoms with Crippen molar-refractivity contribution < 1.29 is 4.79 Å². The van der Waals surface area contributed by atoms with Crippen LogP contribution in [-0.4, -0.2) is 5.78 Å². The summed E-state index contributed by atoms with van der Waals surface area (Å²) >= 11 is 11.9. The fraction of sp³-hybridized carbons (Fsp3) is 0.0625. The van der Waals surface area contributed by atoms with Gasteiger partial charge in [-0.1, -0.05) is 53.5 Å². The summed E-state index contributed by atoms with van der Waals surface area (Å²) in [6.45, 7) is 1.91. The number of ketones is 1.